The zero-order valence-electron chi connectivity index (χ0n) is 14.9. The minimum atomic E-state index is -4.70. The number of alkyl halides is 3. The Kier molecular flexibility index (Phi) is 4.42. The number of carbonyl (C=O) groups is 1. The number of rotatable bonds is 3. The Morgan fingerprint density at radius 3 is 2.68 bits per heavy atom. The molecule has 2 N–H and O–H groups in total. The molecule has 1 aliphatic carbocycles. The Balaban J connectivity index is 1.49. The van der Waals surface area contributed by atoms with E-state index in [1.807, 2.05) is 0 Å². The number of nitrogens with one attached hydrogen (secondary N) is 1. The van der Waals surface area contributed by atoms with Gasteiger partial charge in [0.25, 0.3) is 5.91 Å². The Morgan fingerprint density at radius 2 is 2.11 bits per heavy atom. The lowest BCUT2D eigenvalue weighted by atomic mass is 9.75. The van der Waals surface area contributed by atoms with Crippen LogP contribution >= 0.6 is 11.6 Å². The highest BCUT2D eigenvalue weighted by atomic mass is 35.5. The molecule has 28 heavy (non-hydrogen) atoms. The van der Waals surface area contributed by atoms with Crippen LogP contribution in [0.25, 0.3) is 11.0 Å². The Labute approximate surface area is 163 Å². The van der Waals surface area contributed by atoms with Gasteiger partial charge in [0.05, 0.1) is 10.6 Å². The molecule has 10 heteroatoms. The van der Waals surface area contributed by atoms with Gasteiger partial charge < -0.3 is 15.3 Å². The van der Waals surface area contributed by atoms with Crippen molar-refractivity contribution in [2.45, 2.75) is 50.0 Å². The second kappa shape index (κ2) is 6.45. The fourth-order valence-corrected chi connectivity index (χ4v) is 3.81. The number of hydrogen-bond donors (Lipinski definition) is 2. The molecule has 0 aromatic carbocycles. The van der Waals surface area contributed by atoms with E-state index >= 15 is 0 Å². The minimum Gasteiger partial charge on any atom is -0.380 e. The van der Waals surface area contributed by atoms with Gasteiger partial charge >= 0.3 is 6.18 Å². The predicted molar refractivity (Wildman–Crippen MR) is 97.5 cm³/mol. The third kappa shape index (κ3) is 3.16. The van der Waals surface area contributed by atoms with E-state index in [0.29, 0.717) is 27.9 Å². The van der Waals surface area contributed by atoms with Gasteiger partial charge in [-0.25, -0.2) is 9.97 Å². The van der Waals surface area contributed by atoms with Crippen molar-refractivity contribution in [2.75, 3.05) is 11.4 Å². The van der Waals surface area contributed by atoms with Crippen molar-refractivity contribution >= 4 is 34.4 Å². The smallest absolute Gasteiger partial charge is 0.380 e. The fourth-order valence-electron chi connectivity index (χ4n) is 3.54. The van der Waals surface area contributed by atoms with Gasteiger partial charge in [0.2, 0.25) is 0 Å². The third-order valence-electron chi connectivity index (χ3n) is 5.49. The van der Waals surface area contributed by atoms with E-state index in [0.717, 1.165) is 13.0 Å². The summed E-state index contributed by atoms with van der Waals surface area (Å²) in [7, 11) is 0. The van der Waals surface area contributed by atoms with Crippen molar-refractivity contribution in [1.29, 1.82) is 0 Å². The molecule has 2 aliphatic rings. The molecule has 1 atom stereocenters. The summed E-state index contributed by atoms with van der Waals surface area (Å²) in [6.07, 6.45) is -3.43. The second-order valence-corrected chi connectivity index (χ2v) is 7.91. The van der Waals surface area contributed by atoms with Gasteiger partial charge in [0.1, 0.15) is 5.82 Å². The van der Waals surface area contributed by atoms with Crippen molar-refractivity contribution in [1.82, 2.24) is 15.3 Å². The van der Waals surface area contributed by atoms with E-state index in [9.17, 15) is 23.1 Å². The van der Waals surface area contributed by atoms with Gasteiger partial charge in [-0.1, -0.05) is 11.6 Å². The maximum absolute atomic E-state index is 12.7. The van der Waals surface area contributed by atoms with E-state index in [-0.39, 0.29) is 5.56 Å². The van der Waals surface area contributed by atoms with Gasteiger partial charge in [0, 0.05) is 43.1 Å². The fraction of sp³-hybridized carbons (Fsp3) is 0.500. The van der Waals surface area contributed by atoms with Gasteiger partial charge in [-0.15, -0.1) is 0 Å². The molecule has 1 aliphatic heterocycles. The molecule has 6 nitrogen and oxygen atoms in total. The number of pyridine rings is 2. The average molecular weight is 415 g/mol. The molecule has 0 radical (unpaired) electrons. The highest BCUT2D eigenvalue weighted by molar-refractivity contribution is 6.33. The van der Waals surface area contributed by atoms with Crippen LogP contribution in [0.1, 0.15) is 36.5 Å². The minimum absolute atomic E-state index is 0.192. The number of nitrogens with zero attached hydrogens (tertiary/aromatic N) is 3. The molecule has 0 spiro atoms. The Hall–Kier alpha value is -2.13. The SMILES string of the molecule is CC1CCN1c1nc2ncc(C(=O)NC3CC(O)(C(F)(F)F)C3)cc2cc1Cl. The van der Waals surface area contributed by atoms with E-state index in [1.165, 1.54) is 6.20 Å². The summed E-state index contributed by atoms with van der Waals surface area (Å²) in [6, 6.07) is 2.84. The van der Waals surface area contributed by atoms with Crippen LogP contribution in [0.2, 0.25) is 5.02 Å². The van der Waals surface area contributed by atoms with E-state index in [2.05, 4.69) is 27.1 Å². The Morgan fingerprint density at radius 1 is 1.39 bits per heavy atom. The molecule has 2 aromatic rings. The van der Waals surface area contributed by atoms with Crippen LogP contribution in [0.4, 0.5) is 19.0 Å². The monoisotopic (exact) mass is 414 g/mol. The summed E-state index contributed by atoms with van der Waals surface area (Å²) >= 11 is 6.33. The zero-order valence-corrected chi connectivity index (χ0v) is 15.7. The van der Waals surface area contributed by atoms with Crippen LogP contribution in [0.15, 0.2) is 18.3 Å². The molecule has 0 bridgehead atoms. The number of fused-ring (bicyclic) bond motifs is 1. The topological polar surface area (TPSA) is 78.4 Å². The molecule has 1 unspecified atom stereocenters. The van der Waals surface area contributed by atoms with Gasteiger partial charge in [-0.2, -0.15) is 13.2 Å². The molecule has 2 aromatic heterocycles. The van der Waals surface area contributed by atoms with Gasteiger partial charge in [-0.05, 0) is 25.5 Å². The lowest BCUT2D eigenvalue weighted by molar-refractivity contribution is -0.291. The first-order valence-corrected chi connectivity index (χ1v) is 9.28. The van der Waals surface area contributed by atoms with Crippen LogP contribution in [-0.4, -0.2) is 51.4 Å². The number of carbonyl (C=O) groups excluding carboxylic acids is 1. The normalized spacial score (nSPS) is 27.3. The molecule has 1 saturated carbocycles. The first kappa shape index (κ1) is 19.2. The van der Waals surface area contributed by atoms with Gasteiger partial charge in [-0.3, -0.25) is 4.79 Å². The third-order valence-corrected chi connectivity index (χ3v) is 5.77. The summed E-state index contributed by atoms with van der Waals surface area (Å²) in [6.45, 7) is 2.94. The van der Waals surface area contributed by atoms with Crippen LogP contribution in [0.3, 0.4) is 0 Å². The highest BCUT2D eigenvalue weighted by Crippen LogP contribution is 2.45. The van der Waals surface area contributed by atoms with E-state index in [1.54, 1.807) is 12.1 Å². The maximum atomic E-state index is 12.7. The van der Waals surface area contributed by atoms with Crippen LogP contribution in [0.5, 0.6) is 0 Å². The molecule has 2 fully saturated rings. The first-order chi connectivity index (χ1) is 13.1. The largest absolute Gasteiger partial charge is 0.417 e. The maximum Gasteiger partial charge on any atom is 0.417 e. The summed E-state index contributed by atoms with van der Waals surface area (Å²) in [5.41, 5.74) is -2.10. The van der Waals surface area contributed by atoms with Crippen molar-refractivity contribution in [3.63, 3.8) is 0 Å². The summed E-state index contributed by atoms with van der Waals surface area (Å²) < 4.78 is 38.0. The molecule has 1 amide bonds. The number of anilines is 1. The van der Waals surface area contributed by atoms with Crippen molar-refractivity contribution in [2.24, 2.45) is 0 Å². The van der Waals surface area contributed by atoms with Crippen LogP contribution in [0, 0.1) is 0 Å². The molecule has 1 saturated heterocycles. The number of aromatic nitrogens is 2. The summed E-state index contributed by atoms with van der Waals surface area (Å²) in [4.78, 5) is 23.1. The quantitative estimate of drug-likeness (QED) is 0.807. The van der Waals surface area contributed by atoms with Crippen LogP contribution in [-0.2, 0) is 0 Å². The Bertz CT molecular complexity index is 946. The molecule has 4 rings (SSSR count). The lowest BCUT2D eigenvalue weighted by Crippen LogP contribution is -2.62. The number of halogens is 4. The zero-order chi connectivity index (χ0) is 20.3. The molecule has 150 valence electrons. The number of aliphatic hydroxyl groups is 1. The summed E-state index contributed by atoms with van der Waals surface area (Å²) in [5.74, 6) is 0.0960. The van der Waals surface area contributed by atoms with Crippen molar-refractivity contribution < 1.29 is 23.1 Å². The van der Waals surface area contributed by atoms with E-state index < -0.39 is 36.6 Å². The second-order valence-electron chi connectivity index (χ2n) is 7.50. The standard InChI is InChI=1S/C18H18ClF3N4O2/c1-9-2-3-26(9)15-13(19)5-10-4-11(8-23-14(10)25-15)16(27)24-12-6-17(28,7-12)18(20,21)22/h4-5,8-9,12,28H,2-3,6-7H2,1H3,(H,24,27). The van der Waals surface area contributed by atoms with Crippen molar-refractivity contribution in [3.05, 3.63) is 28.9 Å². The lowest BCUT2D eigenvalue weighted by Gasteiger charge is -2.44. The van der Waals surface area contributed by atoms with E-state index in [4.69, 9.17) is 11.6 Å². The molecular weight excluding hydrogens is 397 g/mol. The first-order valence-electron chi connectivity index (χ1n) is 8.90. The van der Waals surface area contributed by atoms with Gasteiger partial charge in [0.15, 0.2) is 11.2 Å². The van der Waals surface area contributed by atoms with Crippen molar-refractivity contribution in [3.8, 4) is 0 Å². The number of hydrogen-bond acceptors (Lipinski definition) is 5. The average Bonchev–Trinajstić information content (AvgIpc) is 2.58. The van der Waals surface area contributed by atoms with Crippen LogP contribution < -0.4 is 10.2 Å². The molecule has 3 heterocycles. The predicted octanol–water partition coefficient (Wildman–Crippen LogP) is 3.07. The molecular formula is C18H18ClF3N4O2. The highest BCUT2D eigenvalue weighted by Gasteiger charge is 2.61. The number of amides is 1. The summed E-state index contributed by atoms with van der Waals surface area (Å²) in [5, 5.41) is 13.0.